The van der Waals surface area contributed by atoms with Crippen LogP contribution in [0, 0.1) is 5.92 Å². The zero-order chi connectivity index (χ0) is 14.2. The number of halogens is 1. The van der Waals surface area contributed by atoms with Crippen LogP contribution in [0.4, 0.5) is 0 Å². The van der Waals surface area contributed by atoms with Gasteiger partial charge in [0.2, 0.25) is 0 Å². The summed E-state index contributed by atoms with van der Waals surface area (Å²) in [5, 5.41) is 9.79. The van der Waals surface area contributed by atoms with Gasteiger partial charge in [0.1, 0.15) is 5.82 Å². The van der Waals surface area contributed by atoms with Crippen molar-refractivity contribution in [2.45, 2.75) is 33.2 Å². The molecule has 5 heteroatoms. The lowest BCUT2D eigenvalue weighted by Crippen LogP contribution is -2.20. The van der Waals surface area contributed by atoms with Gasteiger partial charge in [0.25, 0.3) is 0 Å². The number of carboxylic acids is 1. The van der Waals surface area contributed by atoms with Gasteiger partial charge in [-0.05, 0) is 19.1 Å². The third kappa shape index (κ3) is 2.32. The number of nitrogens with zero attached hydrogens (tertiary/aromatic N) is 2. The average molecular weight is 281 g/mol. The number of para-hydroxylation sites is 1. The summed E-state index contributed by atoms with van der Waals surface area (Å²) in [6.07, 6.45) is 0. The lowest BCUT2D eigenvalue weighted by molar-refractivity contribution is -0.141. The molecular formula is C14H17ClN2O2. The Bertz CT molecular complexity index is 621. The van der Waals surface area contributed by atoms with E-state index >= 15 is 0 Å². The van der Waals surface area contributed by atoms with Crippen LogP contribution < -0.4 is 0 Å². The number of fused-ring (bicyclic) bond motifs is 1. The molecule has 0 aliphatic rings. The summed E-state index contributed by atoms with van der Waals surface area (Å²) in [6.45, 7) is 6.31. The van der Waals surface area contributed by atoms with Gasteiger partial charge in [0.05, 0.1) is 22.0 Å². The third-order valence-corrected chi connectivity index (χ3v) is 3.91. The zero-order valence-electron chi connectivity index (χ0n) is 11.2. The van der Waals surface area contributed by atoms with Gasteiger partial charge >= 0.3 is 5.97 Å². The molecular weight excluding hydrogens is 264 g/mol. The first-order valence-electron chi connectivity index (χ1n) is 6.34. The topological polar surface area (TPSA) is 55.1 Å². The maximum atomic E-state index is 11.1. The highest BCUT2D eigenvalue weighted by Crippen LogP contribution is 2.30. The molecule has 19 heavy (non-hydrogen) atoms. The van der Waals surface area contributed by atoms with E-state index in [0.29, 0.717) is 11.6 Å². The Kier molecular flexibility index (Phi) is 3.80. The normalized spacial score (nSPS) is 14.5. The van der Waals surface area contributed by atoms with Gasteiger partial charge < -0.3 is 9.67 Å². The molecule has 2 unspecified atom stereocenters. The Morgan fingerprint density at radius 3 is 2.74 bits per heavy atom. The van der Waals surface area contributed by atoms with Crippen LogP contribution in [0.15, 0.2) is 18.2 Å². The van der Waals surface area contributed by atoms with Crippen molar-refractivity contribution >= 4 is 28.6 Å². The minimum absolute atomic E-state index is 0.166. The van der Waals surface area contributed by atoms with Crippen molar-refractivity contribution in [2.24, 2.45) is 5.92 Å². The molecule has 0 saturated heterocycles. The van der Waals surface area contributed by atoms with E-state index in [9.17, 15) is 4.79 Å². The quantitative estimate of drug-likeness (QED) is 0.932. The van der Waals surface area contributed by atoms with Crippen molar-refractivity contribution in [3.05, 3.63) is 29.0 Å². The monoisotopic (exact) mass is 280 g/mol. The van der Waals surface area contributed by atoms with Gasteiger partial charge in [-0.1, -0.05) is 31.5 Å². The Hall–Kier alpha value is -1.55. The molecule has 1 N–H and O–H groups in total. The Morgan fingerprint density at radius 2 is 2.16 bits per heavy atom. The number of imidazole rings is 1. The Labute approximate surface area is 117 Å². The number of carboxylic acid groups (broad SMARTS) is 1. The SMILES string of the molecule is CCn1c(C(C)C(C)C(=O)O)nc2cccc(Cl)c21. The first-order chi connectivity index (χ1) is 8.97. The third-order valence-electron chi connectivity index (χ3n) is 3.61. The number of aryl methyl sites for hydroxylation is 1. The van der Waals surface area contributed by atoms with E-state index in [1.807, 2.05) is 36.6 Å². The number of carbonyl (C=O) groups is 1. The van der Waals surface area contributed by atoms with Crippen molar-refractivity contribution in [3.63, 3.8) is 0 Å². The Morgan fingerprint density at radius 1 is 1.47 bits per heavy atom. The second kappa shape index (κ2) is 5.21. The lowest BCUT2D eigenvalue weighted by Gasteiger charge is -2.17. The van der Waals surface area contributed by atoms with E-state index in [4.69, 9.17) is 16.7 Å². The summed E-state index contributed by atoms with van der Waals surface area (Å²) in [4.78, 5) is 15.7. The minimum Gasteiger partial charge on any atom is -0.481 e. The fourth-order valence-corrected chi connectivity index (χ4v) is 2.54. The molecule has 2 rings (SSSR count). The fourth-order valence-electron chi connectivity index (χ4n) is 2.26. The van der Waals surface area contributed by atoms with E-state index < -0.39 is 11.9 Å². The van der Waals surface area contributed by atoms with Gasteiger partial charge in [0.15, 0.2) is 0 Å². The predicted octanol–water partition coefficient (Wildman–Crippen LogP) is 3.53. The molecule has 0 aliphatic heterocycles. The number of aromatic nitrogens is 2. The molecule has 2 atom stereocenters. The first kappa shape index (κ1) is 13.9. The smallest absolute Gasteiger partial charge is 0.306 e. The maximum absolute atomic E-state index is 11.1. The summed E-state index contributed by atoms with van der Waals surface area (Å²) in [5.41, 5.74) is 1.69. The molecule has 0 amide bonds. The number of aliphatic carboxylic acids is 1. The summed E-state index contributed by atoms with van der Waals surface area (Å²) < 4.78 is 2.00. The molecule has 1 aromatic carbocycles. The molecule has 0 spiro atoms. The molecule has 0 saturated carbocycles. The van der Waals surface area contributed by atoms with Crippen LogP contribution in [0.2, 0.25) is 5.02 Å². The zero-order valence-corrected chi connectivity index (χ0v) is 12.0. The minimum atomic E-state index is -0.812. The predicted molar refractivity (Wildman–Crippen MR) is 75.6 cm³/mol. The molecule has 1 heterocycles. The molecule has 0 fully saturated rings. The standard InChI is InChI=1S/C14H17ClN2O2/c1-4-17-12-10(15)6-5-7-11(12)16-13(17)8(2)9(3)14(18)19/h5-9H,4H2,1-3H3,(H,18,19). The van der Waals surface area contributed by atoms with Crippen molar-refractivity contribution in [2.75, 3.05) is 0 Å². The number of benzene rings is 1. The second-order valence-corrected chi connectivity index (χ2v) is 5.14. The van der Waals surface area contributed by atoms with Gasteiger partial charge in [-0.25, -0.2) is 4.98 Å². The van der Waals surface area contributed by atoms with Crippen LogP contribution in [-0.2, 0) is 11.3 Å². The van der Waals surface area contributed by atoms with Crippen molar-refractivity contribution in [3.8, 4) is 0 Å². The van der Waals surface area contributed by atoms with Crippen LogP contribution in [-0.4, -0.2) is 20.6 Å². The maximum Gasteiger partial charge on any atom is 0.306 e. The summed E-state index contributed by atoms with van der Waals surface area (Å²) >= 11 is 6.22. The highest BCUT2D eigenvalue weighted by Gasteiger charge is 2.26. The van der Waals surface area contributed by atoms with E-state index in [1.54, 1.807) is 6.92 Å². The van der Waals surface area contributed by atoms with Gasteiger partial charge in [-0.2, -0.15) is 0 Å². The van der Waals surface area contributed by atoms with Crippen LogP contribution >= 0.6 is 11.6 Å². The summed E-state index contributed by atoms with van der Waals surface area (Å²) in [5.74, 6) is -0.685. The van der Waals surface area contributed by atoms with Crippen molar-refractivity contribution < 1.29 is 9.90 Å². The fraction of sp³-hybridized carbons (Fsp3) is 0.429. The first-order valence-corrected chi connectivity index (χ1v) is 6.72. The molecule has 0 bridgehead atoms. The molecule has 0 radical (unpaired) electrons. The molecule has 102 valence electrons. The van der Waals surface area contributed by atoms with Crippen molar-refractivity contribution in [1.82, 2.24) is 9.55 Å². The van der Waals surface area contributed by atoms with Crippen LogP contribution in [0.5, 0.6) is 0 Å². The van der Waals surface area contributed by atoms with Crippen molar-refractivity contribution in [1.29, 1.82) is 0 Å². The number of hydrogen-bond donors (Lipinski definition) is 1. The second-order valence-electron chi connectivity index (χ2n) is 4.74. The van der Waals surface area contributed by atoms with E-state index in [0.717, 1.165) is 16.9 Å². The van der Waals surface area contributed by atoms with Gasteiger partial charge in [-0.3, -0.25) is 4.79 Å². The molecule has 1 aromatic heterocycles. The number of hydrogen-bond acceptors (Lipinski definition) is 2. The van der Waals surface area contributed by atoms with E-state index in [2.05, 4.69) is 4.98 Å². The molecule has 2 aromatic rings. The highest BCUT2D eigenvalue weighted by molar-refractivity contribution is 6.35. The van der Waals surface area contributed by atoms with Crippen LogP contribution in [0.25, 0.3) is 11.0 Å². The van der Waals surface area contributed by atoms with Gasteiger partial charge in [-0.15, -0.1) is 0 Å². The van der Waals surface area contributed by atoms with E-state index in [1.165, 1.54) is 0 Å². The summed E-state index contributed by atoms with van der Waals surface area (Å²) in [7, 11) is 0. The van der Waals surface area contributed by atoms with Crippen LogP contribution in [0.3, 0.4) is 0 Å². The molecule has 4 nitrogen and oxygen atoms in total. The average Bonchev–Trinajstić information content (AvgIpc) is 2.76. The summed E-state index contributed by atoms with van der Waals surface area (Å²) in [6, 6.07) is 5.58. The van der Waals surface area contributed by atoms with E-state index in [-0.39, 0.29) is 5.92 Å². The van der Waals surface area contributed by atoms with Gasteiger partial charge in [0, 0.05) is 12.5 Å². The Balaban J connectivity index is 2.61. The number of rotatable bonds is 4. The van der Waals surface area contributed by atoms with Crippen LogP contribution in [0.1, 0.15) is 32.5 Å². The highest BCUT2D eigenvalue weighted by atomic mass is 35.5. The lowest BCUT2D eigenvalue weighted by atomic mass is 9.95. The largest absolute Gasteiger partial charge is 0.481 e. The molecule has 0 aliphatic carbocycles.